The van der Waals surface area contributed by atoms with Crippen LogP contribution in [0.1, 0.15) is 40.7 Å². The first kappa shape index (κ1) is 16.2. The average Bonchev–Trinajstić information content (AvgIpc) is 2.37. The summed E-state index contributed by atoms with van der Waals surface area (Å²) < 4.78 is 42.6. The van der Waals surface area contributed by atoms with Crippen molar-refractivity contribution < 1.29 is 27.5 Å². The van der Waals surface area contributed by atoms with Crippen LogP contribution < -0.4 is 0 Å². The number of carbonyl (C=O) groups is 2. The summed E-state index contributed by atoms with van der Waals surface area (Å²) in [7, 11) is 1.24. The third kappa shape index (κ3) is 4.08. The van der Waals surface area contributed by atoms with E-state index in [0.29, 0.717) is 0 Å². The summed E-state index contributed by atoms with van der Waals surface area (Å²) in [6.45, 7) is 1.27. The van der Waals surface area contributed by atoms with Gasteiger partial charge in [-0.1, -0.05) is 12.1 Å². The highest BCUT2D eigenvalue weighted by molar-refractivity contribution is 5.97. The van der Waals surface area contributed by atoms with Crippen molar-refractivity contribution in [1.82, 2.24) is 0 Å². The van der Waals surface area contributed by atoms with Crippen molar-refractivity contribution in [3.8, 4) is 0 Å². The van der Waals surface area contributed by atoms with E-state index in [4.69, 9.17) is 0 Å². The minimum absolute atomic E-state index is 0.0112. The first-order chi connectivity index (χ1) is 9.27. The van der Waals surface area contributed by atoms with Crippen LogP contribution >= 0.6 is 0 Å². The molecule has 1 aromatic carbocycles. The molecule has 0 spiro atoms. The number of hydrogen-bond donors (Lipinski definition) is 0. The van der Waals surface area contributed by atoms with E-state index in [2.05, 4.69) is 4.74 Å². The number of carbonyl (C=O) groups excluding carboxylic acids is 2. The Morgan fingerprint density at radius 2 is 1.85 bits per heavy atom. The van der Waals surface area contributed by atoms with E-state index in [1.807, 2.05) is 0 Å². The number of ether oxygens (including phenoxy) is 1. The molecule has 0 N–H and O–H groups in total. The van der Waals surface area contributed by atoms with E-state index >= 15 is 0 Å². The van der Waals surface area contributed by atoms with Gasteiger partial charge >= 0.3 is 12.1 Å². The monoisotopic (exact) mass is 288 g/mol. The summed E-state index contributed by atoms with van der Waals surface area (Å²) in [4.78, 5) is 22.8. The molecule has 6 heteroatoms. The SMILES string of the molecule is COC(=O)CCCC(=O)c1cccc(C(F)(F)F)c1C. The number of ketones is 1. The van der Waals surface area contributed by atoms with E-state index in [0.717, 1.165) is 6.07 Å². The van der Waals surface area contributed by atoms with E-state index in [1.165, 1.54) is 26.2 Å². The molecule has 1 rings (SSSR count). The highest BCUT2D eigenvalue weighted by Gasteiger charge is 2.33. The van der Waals surface area contributed by atoms with E-state index < -0.39 is 23.5 Å². The maximum absolute atomic E-state index is 12.7. The Hall–Kier alpha value is -1.85. The second-order valence-corrected chi connectivity index (χ2v) is 4.33. The zero-order valence-electron chi connectivity index (χ0n) is 11.2. The lowest BCUT2D eigenvalue weighted by Crippen LogP contribution is -2.12. The van der Waals surface area contributed by atoms with Gasteiger partial charge in [-0.2, -0.15) is 13.2 Å². The second kappa shape index (κ2) is 6.54. The van der Waals surface area contributed by atoms with Gasteiger partial charge in [0.25, 0.3) is 0 Å². The van der Waals surface area contributed by atoms with E-state index in [-0.39, 0.29) is 30.4 Å². The molecule has 110 valence electrons. The Labute approximate surface area is 114 Å². The molecule has 1 aromatic rings. The standard InChI is InChI=1S/C14H15F3O3/c1-9-10(5-3-6-11(9)14(15,16)17)12(18)7-4-8-13(19)20-2/h3,5-6H,4,7-8H2,1-2H3. The summed E-state index contributed by atoms with van der Waals surface area (Å²) in [5.74, 6) is -0.851. The van der Waals surface area contributed by atoms with Gasteiger partial charge in [-0.15, -0.1) is 0 Å². The fraction of sp³-hybridized carbons (Fsp3) is 0.429. The molecular formula is C14H15F3O3. The Morgan fingerprint density at radius 1 is 1.20 bits per heavy atom. The molecular weight excluding hydrogens is 273 g/mol. The fourth-order valence-corrected chi connectivity index (χ4v) is 1.87. The fourth-order valence-electron chi connectivity index (χ4n) is 1.87. The lowest BCUT2D eigenvalue weighted by atomic mass is 9.96. The van der Waals surface area contributed by atoms with Crippen molar-refractivity contribution in [2.24, 2.45) is 0 Å². The van der Waals surface area contributed by atoms with Crippen LogP contribution in [0.2, 0.25) is 0 Å². The molecule has 0 bridgehead atoms. The van der Waals surface area contributed by atoms with Crippen LogP contribution in [0.4, 0.5) is 13.2 Å². The Morgan fingerprint density at radius 3 is 2.40 bits per heavy atom. The third-order valence-electron chi connectivity index (χ3n) is 2.95. The van der Waals surface area contributed by atoms with Gasteiger partial charge in [0, 0.05) is 18.4 Å². The summed E-state index contributed by atoms with van der Waals surface area (Å²) in [5, 5.41) is 0. The van der Waals surface area contributed by atoms with Gasteiger partial charge in [-0.25, -0.2) is 0 Å². The van der Waals surface area contributed by atoms with Crippen LogP contribution in [0.15, 0.2) is 18.2 Å². The number of esters is 1. The Bertz CT molecular complexity index is 507. The summed E-state index contributed by atoms with van der Waals surface area (Å²) >= 11 is 0. The summed E-state index contributed by atoms with van der Waals surface area (Å²) in [5.41, 5.74) is -0.843. The zero-order chi connectivity index (χ0) is 15.3. The number of alkyl halides is 3. The Balaban J connectivity index is 2.82. The van der Waals surface area contributed by atoms with E-state index in [9.17, 15) is 22.8 Å². The van der Waals surface area contributed by atoms with Crippen LogP contribution in [0.5, 0.6) is 0 Å². The molecule has 3 nitrogen and oxygen atoms in total. The molecule has 0 fully saturated rings. The quantitative estimate of drug-likeness (QED) is 0.615. The number of methoxy groups -OCH3 is 1. The van der Waals surface area contributed by atoms with Gasteiger partial charge in [0.15, 0.2) is 5.78 Å². The van der Waals surface area contributed by atoms with Gasteiger partial charge in [0.1, 0.15) is 0 Å². The molecule has 0 atom stereocenters. The van der Waals surface area contributed by atoms with Crippen molar-refractivity contribution in [3.05, 3.63) is 34.9 Å². The molecule has 0 radical (unpaired) electrons. The number of halogens is 3. The Kier molecular flexibility index (Phi) is 5.30. The summed E-state index contributed by atoms with van der Waals surface area (Å²) in [6, 6.07) is 3.52. The third-order valence-corrected chi connectivity index (χ3v) is 2.95. The largest absolute Gasteiger partial charge is 0.469 e. The molecule has 0 aliphatic heterocycles. The lowest BCUT2D eigenvalue weighted by Gasteiger charge is -2.13. The van der Waals surface area contributed by atoms with Crippen molar-refractivity contribution in [2.45, 2.75) is 32.4 Å². The second-order valence-electron chi connectivity index (χ2n) is 4.33. The number of benzene rings is 1. The first-order valence-corrected chi connectivity index (χ1v) is 6.04. The number of rotatable bonds is 5. The maximum Gasteiger partial charge on any atom is 0.416 e. The zero-order valence-corrected chi connectivity index (χ0v) is 11.2. The molecule has 0 aromatic heterocycles. The highest BCUT2D eigenvalue weighted by atomic mass is 19.4. The highest BCUT2D eigenvalue weighted by Crippen LogP contribution is 2.33. The van der Waals surface area contributed by atoms with Crippen molar-refractivity contribution >= 4 is 11.8 Å². The van der Waals surface area contributed by atoms with Gasteiger partial charge in [0.2, 0.25) is 0 Å². The molecule has 20 heavy (non-hydrogen) atoms. The van der Waals surface area contributed by atoms with Crippen LogP contribution in [-0.4, -0.2) is 18.9 Å². The number of Topliss-reactive ketones (excluding diaryl/α,β-unsaturated/α-hetero) is 1. The van der Waals surface area contributed by atoms with E-state index in [1.54, 1.807) is 0 Å². The molecule has 0 saturated carbocycles. The average molecular weight is 288 g/mol. The molecule has 0 amide bonds. The lowest BCUT2D eigenvalue weighted by molar-refractivity contribution is -0.140. The van der Waals surface area contributed by atoms with Crippen molar-refractivity contribution in [3.63, 3.8) is 0 Å². The van der Waals surface area contributed by atoms with Gasteiger partial charge in [-0.05, 0) is 25.0 Å². The smallest absolute Gasteiger partial charge is 0.416 e. The predicted octanol–water partition coefficient (Wildman–Crippen LogP) is 3.54. The molecule has 0 saturated heterocycles. The number of hydrogen-bond acceptors (Lipinski definition) is 3. The van der Waals surface area contributed by atoms with Gasteiger partial charge < -0.3 is 4.74 Å². The van der Waals surface area contributed by atoms with Crippen LogP contribution in [0.3, 0.4) is 0 Å². The molecule has 0 aliphatic rings. The van der Waals surface area contributed by atoms with Crippen LogP contribution in [0, 0.1) is 6.92 Å². The molecule has 0 aliphatic carbocycles. The molecule has 0 heterocycles. The minimum atomic E-state index is -4.48. The normalized spacial score (nSPS) is 11.2. The van der Waals surface area contributed by atoms with Gasteiger partial charge in [-0.3, -0.25) is 9.59 Å². The topological polar surface area (TPSA) is 43.4 Å². The first-order valence-electron chi connectivity index (χ1n) is 6.04. The summed E-state index contributed by atoms with van der Waals surface area (Å²) in [6.07, 6.45) is -4.15. The van der Waals surface area contributed by atoms with Crippen LogP contribution in [0.25, 0.3) is 0 Å². The van der Waals surface area contributed by atoms with Crippen molar-refractivity contribution in [1.29, 1.82) is 0 Å². The van der Waals surface area contributed by atoms with Crippen LogP contribution in [-0.2, 0) is 15.7 Å². The molecule has 0 unspecified atom stereocenters. The maximum atomic E-state index is 12.7. The van der Waals surface area contributed by atoms with Crippen molar-refractivity contribution in [2.75, 3.05) is 7.11 Å². The minimum Gasteiger partial charge on any atom is -0.469 e. The predicted molar refractivity (Wildman–Crippen MR) is 66.4 cm³/mol. The van der Waals surface area contributed by atoms with Gasteiger partial charge in [0.05, 0.1) is 12.7 Å².